The van der Waals surface area contributed by atoms with Gasteiger partial charge in [0.05, 0.1) is 0 Å². The monoisotopic (exact) mass is 284 g/mol. The molecule has 0 saturated carbocycles. The van der Waals surface area contributed by atoms with Crippen molar-refractivity contribution in [1.82, 2.24) is 9.29 Å². The topological polar surface area (TPSA) is 88.3 Å². The zero-order chi connectivity index (χ0) is 14.0. The molecule has 2 unspecified atom stereocenters. The molecule has 1 aromatic heterocycles. The lowest BCUT2D eigenvalue weighted by molar-refractivity contribution is 0.204. The third-order valence-electron chi connectivity index (χ3n) is 3.58. The molecule has 2 atom stereocenters. The van der Waals surface area contributed by atoms with Crippen LogP contribution in [0.2, 0.25) is 0 Å². The lowest BCUT2D eigenvalue weighted by Gasteiger charge is -2.37. The maximum Gasteiger partial charge on any atom is 0.247 e. The van der Waals surface area contributed by atoms with E-state index in [2.05, 4.69) is 10.4 Å². The van der Waals surface area contributed by atoms with Crippen molar-refractivity contribution in [1.29, 1.82) is 0 Å². The van der Waals surface area contributed by atoms with Crippen LogP contribution in [-0.4, -0.2) is 29.8 Å². The number of nitrogens with zero attached hydrogens (tertiary/aromatic N) is 2. The van der Waals surface area contributed by atoms with E-state index in [4.69, 9.17) is 5.84 Å². The summed E-state index contributed by atoms with van der Waals surface area (Å²) in [7, 11) is -3.57. The van der Waals surface area contributed by atoms with Gasteiger partial charge in [0.15, 0.2) is 5.82 Å². The molecule has 106 valence electrons. The van der Waals surface area contributed by atoms with Gasteiger partial charge in [0, 0.05) is 18.3 Å². The number of hydrogen-bond acceptors (Lipinski definition) is 5. The molecule has 0 aromatic carbocycles. The van der Waals surface area contributed by atoms with Crippen LogP contribution in [0.25, 0.3) is 0 Å². The molecule has 1 saturated heterocycles. The SMILES string of the molecule is CC1CCCC(C)N1S(=O)(=O)c1cccnc1NN. The third kappa shape index (κ3) is 2.58. The fraction of sp³-hybridized carbons (Fsp3) is 0.583. The minimum Gasteiger partial charge on any atom is -0.307 e. The number of hydrogen-bond donors (Lipinski definition) is 2. The van der Waals surface area contributed by atoms with Crippen LogP contribution in [0, 0.1) is 0 Å². The van der Waals surface area contributed by atoms with E-state index in [0.29, 0.717) is 0 Å². The van der Waals surface area contributed by atoms with Gasteiger partial charge in [0.1, 0.15) is 4.90 Å². The molecule has 1 aromatic rings. The van der Waals surface area contributed by atoms with Crippen LogP contribution in [0.5, 0.6) is 0 Å². The maximum absolute atomic E-state index is 12.8. The Hall–Kier alpha value is -1.18. The van der Waals surface area contributed by atoms with Crippen LogP contribution in [0.4, 0.5) is 5.82 Å². The summed E-state index contributed by atoms with van der Waals surface area (Å²) in [6, 6.07) is 3.14. The van der Waals surface area contributed by atoms with Gasteiger partial charge in [-0.1, -0.05) is 6.42 Å². The standard InChI is InChI=1S/C12H20N4O2S/c1-9-5-3-6-10(2)16(9)19(17,18)11-7-4-8-14-12(11)15-13/h4,7-10H,3,5-6,13H2,1-2H3,(H,14,15). The lowest BCUT2D eigenvalue weighted by atomic mass is 10.0. The quantitative estimate of drug-likeness (QED) is 0.645. The molecule has 3 N–H and O–H groups in total. The molecule has 19 heavy (non-hydrogen) atoms. The number of nitrogens with two attached hydrogens (primary N) is 1. The van der Waals surface area contributed by atoms with Gasteiger partial charge in [-0.15, -0.1) is 0 Å². The summed E-state index contributed by atoms with van der Waals surface area (Å²) in [5.74, 6) is 5.54. The van der Waals surface area contributed by atoms with Crippen molar-refractivity contribution < 1.29 is 8.42 Å². The zero-order valence-corrected chi connectivity index (χ0v) is 12.0. The number of nitrogens with one attached hydrogen (secondary N) is 1. The highest BCUT2D eigenvalue weighted by molar-refractivity contribution is 7.89. The Morgan fingerprint density at radius 2 is 2.00 bits per heavy atom. The summed E-state index contributed by atoms with van der Waals surface area (Å²) in [5.41, 5.74) is 2.35. The molecule has 1 aliphatic heterocycles. The average Bonchev–Trinajstić information content (AvgIpc) is 2.38. The molecular formula is C12H20N4O2S. The number of piperidine rings is 1. The Kier molecular flexibility index (Phi) is 4.07. The average molecular weight is 284 g/mol. The molecule has 2 heterocycles. The largest absolute Gasteiger partial charge is 0.307 e. The van der Waals surface area contributed by atoms with Crippen LogP contribution in [0.15, 0.2) is 23.2 Å². The van der Waals surface area contributed by atoms with Crippen LogP contribution in [0.3, 0.4) is 0 Å². The summed E-state index contributed by atoms with van der Waals surface area (Å²) in [5, 5.41) is 0. The van der Waals surface area contributed by atoms with E-state index < -0.39 is 10.0 Å². The van der Waals surface area contributed by atoms with E-state index in [0.717, 1.165) is 19.3 Å². The molecule has 7 heteroatoms. The Balaban J connectivity index is 2.46. The molecule has 6 nitrogen and oxygen atoms in total. The van der Waals surface area contributed by atoms with Gasteiger partial charge >= 0.3 is 0 Å². The zero-order valence-electron chi connectivity index (χ0n) is 11.2. The van der Waals surface area contributed by atoms with Crippen molar-refractivity contribution in [2.75, 3.05) is 5.43 Å². The molecular weight excluding hydrogens is 264 g/mol. The summed E-state index contributed by atoms with van der Waals surface area (Å²) < 4.78 is 27.1. The molecule has 2 rings (SSSR count). The van der Waals surface area contributed by atoms with E-state index >= 15 is 0 Å². The first-order valence-electron chi connectivity index (χ1n) is 6.43. The van der Waals surface area contributed by atoms with Crippen molar-refractivity contribution in [3.05, 3.63) is 18.3 Å². The fourth-order valence-corrected chi connectivity index (χ4v) is 4.68. The van der Waals surface area contributed by atoms with Crippen molar-refractivity contribution in [3.63, 3.8) is 0 Å². The van der Waals surface area contributed by atoms with E-state index in [9.17, 15) is 8.42 Å². The highest BCUT2D eigenvalue weighted by atomic mass is 32.2. The van der Waals surface area contributed by atoms with Gasteiger partial charge in [0.2, 0.25) is 10.0 Å². The van der Waals surface area contributed by atoms with Crippen LogP contribution >= 0.6 is 0 Å². The van der Waals surface area contributed by atoms with Crippen molar-refractivity contribution in [3.8, 4) is 0 Å². The first-order valence-corrected chi connectivity index (χ1v) is 7.87. The van der Waals surface area contributed by atoms with Gasteiger partial charge in [-0.05, 0) is 38.8 Å². The molecule has 0 bridgehead atoms. The minimum absolute atomic E-state index is 0.000388. The number of aromatic nitrogens is 1. The molecule has 0 radical (unpaired) electrons. The summed E-state index contributed by atoms with van der Waals surface area (Å²) in [6.45, 7) is 3.89. The maximum atomic E-state index is 12.8. The summed E-state index contributed by atoms with van der Waals surface area (Å²) >= 11 is 0. The second kappa shape index (κ2) is 5.44. The Bertz CT molecular complexity index is 536. The fourth-order valence-electron chi connectivity index (χ4n) is 2.69. The lowest BCUT2D eigenvalue weighted by Crippen LogP contribution is -2.47. The highest BCUT2D eigenvalue weighted by Gasteiger charge is 2.37. The third-order valence-corrected chi connectivity index (χ3v) is 5.74. The van der Waals surface area contributed by atoms with Gasteiger partial charge in [-0.25, -0.2) is 19.2 Å². The summed E-state index contributed by atoms with van der Waals surface area (Å²) in [4.78, 5) is 4.10. The van der Waals surface area contributed by atoms with E-state index in [1.54, 1.807) is 10.4 Å². The minimum atomic E-state index is -3.57. The van der Waals surface area contributed by atoms with E-state index in [1.807, 2.05) is 13.8 Å². The number of pyridine rings is 1. The summed E-state index contributed by atoms with van der Waals surface area (Å²) in [6.07, 6.45) is 4.34. The molecule has 1 aliphatic rings. The number of rotatable bonds is 3. The van der Waals surface area contributed by atoms with Gasteiger partial charge in [-0.3, -0.25) is 0 Å². The first-order chi connectivity index (χ1) is 8.98. The van der Waals surface area contributed by atoms with Crippen molar-refractivity contribution in [2.24, 2.45) is 5.84 Å². The number of sulfonamides is 1. The van der Waals surface area contributed by atoms with Crippen molar-refractivity contribution >= 4 is 15.8 Å². The first kappa shape index (κ1) is 14.2. The van der Waals surface area contributed by atoms with Gasteiger partial charge in [0.25, 0.3) is 0 Å². The molecule has 0 amide bonds. The Morgan fingerprint density at radius 1 is 1.37 bits per heavy atom. The van der Waals surface area contributed by atoms with Crippen LogP contribution in [0.1, 0.15) is 33.1 Å². The predicted octanol–water partition coefficient (Wildman–Crippen LogP) is 1.32. The normalized spacial score (nSPS) is 25.2. The van der Waals surface area contributed by atoms with Gasteiger partial charge in [-0.2, -0.15) is 4.31 Å². The smallest absolute Gasteiger partial charge is 0.247 e. The molecule has 0 spiro atoms. The highest BCUT2D eigenvalue weighted by Crippen LogP contribution is 2.31. The predicted molar refractivity (Wildman–Crippen MR) is 73.8 cm³/mol. The van der Waals surface area contributed by atoms with E-state index in [-0.39, 0.29) is 22.8 Å². The molecule has 1 fully saturated rings. The Labute approximate surface area is 114 Å². The second-order valence-electron chi connectivity index (χ2n) is 4.96. The van der Waals surface area contributed by atoms with Crippen LogP contribution < -0.4 is 11.3 Å². The second-order valence-corrected chi connectivity index (χ2v) is 6.77. The van der Waals surface area contributed by atoms with Gasteiger partial charge < -0.3 is 5.43 Å². The number of nitrogen functional groups attached to an aromatic ring is 1. The Morgan fingerprint density at radius 3 is 2.58 bits per heavy atom. The van der Waals surface area contributed by atoms with Crippen LogP contribution in [-0.2, 0) is 10.0 Å². The van der Waals surface area contributed by atoms with Crippen molar-refractivity contribution in [2.45, 2.75) is 50.1 Å². The molecule has 0 aliphatic carbocycles. The number of anilines is 1. The number of hydrazine groups is 1. The van der Waals surface area contributed by atoms with E-state index in [1.165, 1.54) is 12.3 Å².